The van der Waals surface area contributed by atoms with Gasteiger partial charge in [0.1, 0.15) is 0 Å². The van der Waals surface area contributed by atoms with Crippen LogP contribution in [0.4, 0.5) is 0 Å². The first-order valence-electron chi connectivity index (χ1n) is 5.86. The summed E-state index contributed by atoms with van der Waals surface area (Å²) in [5.74, 6) is 0. The highest BCUT2D eigenvalue weighted by Crippen LogP contribution is 2.17. The van der Waals surface area contributed by atoms with Gasteiger partial charge in [0.05, 0.1) is 0 Å². The van der Waals surface area contributed by atoms with Gasteiger partial charge in [-0.15, -0.1) is 11.3 Å². The van der Waals surface area contributed by atoms with Gasteiger partial charge < -0.3 is 5.73 Å². The fourth-order valence-electron chi connectivity index (χ4n) is 2.37. The van der Waals surface area contributed by atoms with Crippen molar-refractivity contribution in [1.82, 2.24) is 4.90 Å². The lowest BCUT2D eigenvalue weighted by molar-refractivity contribution is 0.256. The number of rotatable bonds is 5. The quantitative estimate of drug-likeness (QED) is 0.830. The maximum Gasteiger partial charge on any atom is 0.0218 e. The fourth-order valence-corrected chi connectivity index (χ4v) is 3.12. The van der Waals surface area contributed by atoms with E-state index in [1.165, 1.54) is 43.6 Å². The lowest BCUT2D eigenvalue weighted by Crippen LogP contribution is -2.36. The molecule has 84 valence electrons. The molecular weight excluding hydrogens is 204 g/mol. The zero-order chi connectivity index (χ0) is 10.5. The number of nitrogens with zero attached hydrogens (tertiary/aromatic N) is 1. The first kappa shape index (κ1) is 11.1. The zero-order valence-corrected chi connectivity index (χ0v) is 10.0. The second-order valence-electron chi connectivity index (χ2n) is 4.25. The second kappa shape index (κ2) is 5.64. The summed E-state index contributed by atoms with van der Waals surface area (Å²) in [6.45, 7) is 3.31. The number of aryl methyl sites for hydroxylation is 1. The van der Waals surface area contributed by atoms with Gasteiger partial charge in [-0.2, -0.15) is 0 Å². The Kier molecular flexibility index (Phi) is 4.18. The van der Waals surface area contributed by atoms with E-state index in [0.717, 1.165) is 6.54 Å². The Bertz CT molecular complexity index is 271. The SMILES string of the molecule is NCC1CCCN1CCCc1cccs1. The Balaban J connectivity index is 1.69. The van der Waals surface area contributed by atoms with Crippen molar-refractivity contribution in [1.29, 1.82) is 0 Å². The Labute approximate surface area is 96.1 Å². The number of nitrogens with two attached hydrogens (primary N) is 1. The molecule has 1 aliphatic rings. The predicted octanol–water partition coefficient (Wildman–Crippen LogP) is 2.10. The first-order valence-corrected chi connectivity index (χ1v) is 6.74. The predicted molar refractivity (Wildman–Crippen MR) is 66.3 cm³/mol. The summed E-state index contributed by atoms with van der Waals surface area (Å²) >= 11 is 1.87. The highest BCUT2D eigenvalue weighted by molar-refractivity contribution is 7.09. The van der Waals surface area contributed by atoms with Crippen molar-refractivity contribution >= 4 is 11.3 Å². The Morgan fingerprint density at radius 3 is 3.20 bits per heavy atom. The van der Waals surface area contributed by atoms with Crippen LogP contribution in [0.25, 0.3) is 0 Å². The Morgan fingerprint density at radius 1 is 1.53 bits per heavy atom. The zero-order valence-electron chi connectivity index (χ0n) is 9.19. The van der Waals surface area contributed by atoms with Crippen LogP contribution >= 0.6 is 11.3 Å². The third kappa shape index (κ3) is 3.03. The minimum atomic E-state index is 0.660. The molecular formula is C12H20N2S. The second-order valence-corrected chi connectivity index (χ2v) is 5.28. The third-order valence-electron chi connectivity index (χ3n) is 3.22. The van der Waals surface area contributed by atoms with Gasteiger partial charge in [0.25, 0.3) is 0 Å². The molecule has 2 N–H and O–H groups in total. The van der Waals surface area contributed by atoms with E-state index in [9.17, 15) is 0 Å². The molecule has 1 aromatic heterocycles. The van der Waals surface area contributed by atoms with Crippen molar-refractivity contribution in [3.63, 3.8) is 0 Å². The molecule has 1 atom stereocenters. The first-order chi connectivity index (χ1) is 7.40. The number of thiophene rings is 1. The molecule has 0 spiro atoms. The van der Waals surface area contributed by atoms with Crippen molar-refractivity contribution in [2.45, 2.75) is 31.7 Å². The van der Waals surface area contributed by atoms with Crippen molar-refractivity contribution in [3.8, 4) is 0 Å². The Hall–Kier alpha value is -0.380. The van der Waals surface area contributed by atoms with E-state index >= 15 is 0 Å². The smallest absolute Gasteiger partial charge is 0.0218 e. The highest BCUT2D eigenvalue weighted by atomic mass is 32.1. The molecule has 1 unspecified atom stereocenters. The van der Waals surface area contributed by atoms with Crippen LogP contribution in [-0.4, -0.2) is 30.6 Å². The van der Waals surface area contributed by atoms with E-state index in [2.05, 4.69) is 22.4 Å². The molecule has 0 bridgehead atoms. The monoisotopic (exact) mass is 224 g/mol. The van der Waals surface area contributed by atoms with E-state index < -0.39 is 0 Å². The molecule has 0 radical (unpaired) electrons. The van der Waals surface area contributed by atoms with E-state index in [1.54, 1.807) is 0 Å². The largest absolute Gasteiger partial charge is 0.329 e. The fraction of sp³-hybridized carbons (Fsp3) is 0.667. The highest BCUT2D eigenvalue weighted by Gasteiger charge is 2.21. The van der Waals surface area contributed by atoms with Crippen LogP contribution in [0.15, 0.2) is 17.5 Å². The molecule has 1 fully saturated rings. The average Bonchev–Trinajstić information content (AvgIpc) is 2.88. The minimum absolute atomic E-state index is 0.660. The molecule has 2 heterocycles. The van der Waals surface area contributed by atoms with E-state index in [0.29, 0.717) is 6.04 Å². The van der Waals surface area contributed by atoms with Crippen molar-refractivity contribution < 1.29 is 0 Å². The summed E-state index contributed by atoms with van der Waals surface area (Å²) in [5.41, 5.74) is 5.75. The van der Waals surface area contributed by atoms with Gasteiger partial charge in [0.2, 0.25) is 0 Å². The summed E-state index contributed by atoms with van der Waals surface area (Å²) in [4.78, 5) is 4.08. The van der Waals surface area contributed by atoms with E-state index in [1.807, 2.05) is 11.3 Å². The molecule has 0 amide bonds. The molecule has 1 saturated heterocycles. The normalized spacial score (nSPS) is 22.3. The van der Waals surface area contributed by atoms with Gasteiger partial charge in [-0.25, -0.2) is 0 Å². The van der Waals surface area contributed by atoms with E-state index in [4.69, 9.17) is 5.73 Å². The van der Waals surface area contributed by atoms with Crippen LogP contribution in [-0.2, 0) is 6.42 Å². The molecule has 2 nitrogen and oxygen atoms in total. The summed E-state index contributed by atoms with van der Waals surface area (Å²) in [5, 5.41) is 2.16. The van der Waals surface area contributed by atoms with Crippen molar-refractivity contribution in [3.05, 3.63) is 22.4 Å². The standard InChI is InChI=1S/C12H20N2S/c13-10-11-4-1-7-14(11)8-2-5-12-6-3-9-15-12/h3,6,9,11H,1-2,4-5,7-8,10,13H2. The van der Waals surface area contributed by atoms with Crippen LogP contribution in [0.1, 0.15) is 24.1 Å². The maximum atomic E-state index is 5.75. The maximum absolute atomic E-state index is 5.75. The molecule has 2 rings (SSSR count). The molecule has 3 heteroatoms. The average molecular weight is 224 g/mol. The molecule has 15 heavy (non-hydrogen) atoms. The number of likely N-dealkylation sites (tertiary alicyclic amines) is 1. The molecule has 0 aromatic carbocycles. The molecule has 0 aliphatic carbocycles. The topological polar surface area (TPSA) is 29.3 Å². The van der Waals surface area contributed by atoms with Crippen molar-refractivity contribution in [2.75, 3.05) is 19.6 Å². The van der Waals surface area contributed by atoms with Gasteiger partial charge in [0, 0.05) is 17.5 Å². The van der Waals surface area contributed by atoms with Crippen LogP contribution in [0.2, 0.25) is 0 Å². The van der Waals surface area contributed by atoms with Crippen LogP contribution in [0.3, 0.4) is 0 Å². The lowest BCUT2D eigenvalue weighted by atomic mass is 10.2. The molecule has 0 saturated carbocycles. The summed E-state index contributed by atoms with van der Waals surface area (Å²) in [7, 11) is 0. The number of hydrogen-bond donors (Lipinski definition) is 1. The van der Waals surface area contributed by atoms with Gasteiger partial charge in [0.15, 0.2) is 0 Å². The van der Waals surface area contributed by atoms with Crippen LogP contribution in [0, 0.1) is 0 Å². The lowest BCUT2D eigenvalue weighted by Gasteiger charge is -2.22. The van der Waals surface area contributed by atoms with Crippen LogP contribution in [0.5, 0.6) is 0 Å². The van der Waals surface area contributed by atoms with Gasteiger partial charge >= 0.3 is 0 Å². The molecule has 1 aliphatic heterocycles. The Morgan fingerprint density at radius 2 is 2.47 bits per heavy atom. The summed E-state index contributed by atoms with van der Waals surface area (Å²) in [6.07, 6.45) is 5.14. The minimum Gasteiger partial charge on any atom is -0.329 e. The third-order valence-corrected chi connectivity index (χ3v) is 4.16. The van der Waals surface area contributed by atoms with E-state index in [-0.39, 0.29) is 0 Å². The van der Waals surface area contributed by atoms with Gasteiger partial charge in [-0.1, -0.05) is 6.07 Å². The van der Waals surface area contributed by atoms with Gasteiger partial charge in [-0.3, -0.25) is 4.90 Å². The van der Waals surface area contributed by atoms with Crippen LogP contribution < -0.4 is 5.73 Å². The summed E-state index contributed by atoms with van der Waals surface area (Å²) < 4.78 is 0. The molecule has 1 aromatic rings. The van der Waals surface area contributed by atoms with Crippen molar-refractivity contribution in [2.24, 2.45) is 5.73 Å². The summed E-state index contributed by atoms with van der Waals surface area (Å²) in [6, 6.07) is 5.03. The number of hydrogen-bond acceptors (Lipinski definition) is 3. The van der Waals surface area contributed by atoms with Gasteiger partial charge in [-0.05, 0) is 50.2 Å².